The fourth-order valence-corrected chi connectivity index (χ4v) is 0.966. The van der Waals surface area contributed by atoms with Crippen molar-refractivity contribution >= 4 is 5.91 Å². The molecular formula is C8H14N4O2. The van der Waals surface area contributed by atoms with E-state index in [1.807, 2.05) is 0 Å². The summed E-state index contributed by atoms with van der Waals surface area (Å²) in [6.07, 6.45) is 3.45. The van der Waals surface area contributed by atoms with Crippen molar-refractivity contribution in [1.29, 1.82) is 0 Å². The Morgan fingerprint density at radius 1 is 1.86 bits per heavy atom. The minimum absolute atomic E-state index is 0.348. The number of aliphatic hydroxyl groups is 1. The van der Waals surface area contributed by atoms with Crippen LogP contribution >= 0.6 is 0 Å². The molecule has 1 rings (SSSR count). The van der Waals surface area contributed by atoms with Crippen molar-refractivity contribution < 1.29 is 9.90 Å². The fourth-order valence-electron chi connectivity index (χ4n) is 0.966. The number of aryl methyl sites for hydroxylation is 1. The van der Waals surface area contributed by atoms with Gasteiger partial charge in [0.05, 0.1) is 12.8 Å². The molecule has 0 saturated heterocycles. The molecule has 0 aliphatic rings. The Labute approximate surface area is 81.7 Å². The highest BCUT2D eigenvalue weighted by atomic mass is 16.3. The van der Waals surface area contributed by atoms with Gasteiger partial charge in [0.1, 0.15) is 6.04 Å². The van der Waals surface area contributed by atoms with E-state index in [0.717, 1.165) is 5.56 Å². The number of nitrogens with two attached hydrogens (primary N) is 1. The Balaban J connectivity index is 2.37. The third-order valence-corrected chi connectivity index (χ3v) is 1.76. The molecule has 1 unspecified atom stereocenters. The van der Waals surface area contributed by atoms with Gasteiger partial charge in [0.2, 0.25) is 5.91 Å². The third-order valence-electron chi connectivity index (χ3n) is 1.76. The third kappa shape index (κ3) is 2.82. The van der Waals surface area contributed by atoms with E-state index < -0.39 is 6.04 Å². The molecule has 6 nitrogen and oxygen atoms in total. The van der Waals surface area contributed by atoms with Gasteiger partial charge in [-0.15, -0.1) is 0 Å². The summed E-state index contributed by atoms with van der Waals surface area (Å²) >= 11 is 0. The first-order valence-corrected chi connectivity index (χ1v) is 4.25. The summed E-state index contributed by atoms with van der Waals surface area (Å²) < 4.78 is 1.65. The summed E-state index contributed by atoms with van der Waals surface area (Å²) in [6, 6.07) is -0.855. The Morgan fingerprint density at radius 3 is 3.07 bits per heavy atom. The van der Waals surface area contributed by atoms with E-state index in [9.17, 15) is 4.79 Å². The molecule has 4 N–H and O–H groups in total. The highest BCUT2D eigenvalue weighted by Crippen LogP contribution is 1.94. The van der Waals surface area contributed by atoms with Crippen LogP contribution in [-0.2, 0) is 18.4 Å². The first kappa shape index (κ1) is 10.7. The number of carbonyl (C=O) groups excluding carboxylic acids is 1. The van der Waals surface area contributed by atoms with Gasteiger partial charge < -0.3 is 16.2 Å². The number of nitrogens with zero attached hydrogens (tertiary/aromatic N) is 2. The maximum Gasteiger partial charge on any atom is 0.239 e. The SMILES string of the molecule is Cn1cc(CNC(=O)C(N)CO)cn1. The normalized spacial score (nSPS) is 12.5. The van der Waals surface area contributed by atoms with E-state index in [0.29, 0.717) is 6.54 Å². The summed E-state index contributed by atoms with van der Waals surface area (Å²) in [5, 5.41) is 15.1. The van der Waals surface area contributed by atoms with Gasteiger partial charge in [0, 0.05) is 25.4 Å². The lowest BCUT2D eigenvalue weighted by Crippen LogP contribution is -2.42. The Hall–Kier alpha value is -1.40. The quantitative estimate of drug-likeness (QED) is 0.540. The fraction of sp³-hybridized carbons (Fsp3) is 0.500. The van der Waals surface area contributed by atoms with Crippen LogP contribution < -0.4 is 11.1 Å². The highest BCUT2D eigenvalue weighted by Gasteiger charge is 2.11. The van der Waals surface area contributed by atoms with Crippen LogP contribution in [-0.4, -0.2) is 33.4 Å². The average molecular weight is 198 g/mol. The summed E-state index contributed by atoms with van der Waals surface area (Å²) in [6.45, 7) is 0.0270. The Bertz CT molecular complexity index is 310. The molecule has 0 spiro atoms. The number of nitrogens with one attached hydrogen (secondary N) is 1. The lowest BCUT2D eigenvalue weighted by molar-refractivity contribution is -0.123. The predicted molar refractivity (Wildman–Crippen MR) is 50.1 cm³/mol. The zero-order valence-electron chi connectivity index (χ0n) is 7.97. The molecule has 0 radical (unpaired) electrons. The Kier molecular flexibility index (Phi) is 3.61. The molecule has 6 heteroatoms. The van der Waals surface area contributed by atoms with E-state index in [2.05, 4.69) is 10.4 Å². The number of hydrogen-bond donors (Lipinski definition) is 3. The van der Waals surface area contributed by atoms with Crippen molar-refractivity contribution in [2.45, 2.75) is 12.6 Å². The molecule has 1 atom stereocenters. The van der Waals surface area contributed by atoms with Crippen molar-refractivity contribution in [3.63, 3.8) is 0 Å². The van der Waals surface area contributed by atoms with Crippen molar-refractivity contribution in [1.82, 2.24) is 15.1 Å². The largest absolute Gasteiger partial charge is 0.394 e. The molecule has 0 aliphatic carbocycles. The molecule has 1 heterocycles. The summed E-state index contributed by atoms with van der Waals surface area (Å²) in [5.74, 6) is -0.364. The second-order valence-corrected chi connectivity index (χ2v) is 3.03. The number of hydrogen-bond acceptors (Lipinski definition) is 4. The monoisotopic (exact) mass is 198 g/mol. The molecule has 14 heavy (non-hydrogen) atoms. The first-order valence-electron chi connectivity index (χ1n) is 4.25. The van der Waals surface area contributed by atoms with E-state index in [1.54, 1.807) is 24.1 Å². The molecule has 1 aromatic rings. The molecule has 1 amide bonds. The van der Waals surface area contributed by atoms with Gasteiger partial charge in [0.15, 0.2) is 0 Å². The average Bonchev–Trinajstić information content (AvgIpc) is 2.59. The second kappa shape index (κ2) is 4.73. The number of carbonyl (C=O) groups is 1. The molecule has 0 aliphatic heterocycles. The molecule has 0 saturated carbocycles. The van der Waals surface area contributed by atoms with Crippen LogP contribution in [0.5, 0.6) is 0 Å². The molecule has 0 bridgehead atoms. The first-order chi connectivity index (χ1) is 6.63. The van der Waals surface area contributed by atoms with Crippen LogP contribution in [0.4, 0.5) is 0 Å². The lowest BCUT2D eigenvalue weighted by Gasteiger charge is -2.07. The van der Waals surface area contributed by atoms with Crippen molar-refractivity contribution in [2.75, 3.05) is 6.61 Å². The topological polar surface area (TPSA) is 93.2 Å². The lowest BCUT2D eigenvalue weighted by atomic mass is 10.3. The van der Waals surface area contributed by atoms with Crippen LogP contribution in [0, 0.1) is 0 Å². The summed E-state index contributed by atoms with van der Waals surface area (Å²) in [5.41, 5.74) is 6.20. The summed E-state index contributed by atoms with van der Waals surface area (Å²) in [7, 11) is 1.80. The number of amides is 1. The zero-order chi connectivity index (χ0) is 10.6. The minimum Gasteiger partial charge on any atom is -0.394 e. The van der Waals surface area contributed by atoms with Crippen molar-refractivity contribution in [3.8, 4) is 0 Å². The van der Waals surface area contributed by atoms with E-state index in [1.165, 1.54) is 0 Å². The smallest absolute Gasteiger partial charge is 0.239 e. The van der Waals surface area contributed by atoms with Crippen molar-refractivity contribution in [3.05, 3.63) is 18.0 Å². The standard InChI is InChI=1S/C8H14N4O2/c1-12-4-6(3-11-12)2-10-8(14)7(9)5-13/h3-4,7,13H,2,5,9H2,1H3,(H,10,14). The van der Waals surface area contributed by atoms with Gasteiger partial charge in [-0.25, -0.2) is 0 Å². The molecule has 0 fully saturated rings. The molecule has 1 aromatic heterocycles. The predicted octanol–water partition coefficient (Wildman–Crippen LogP) is -1.64. The minimum atomic E-state index is -0.855. The van der Waals surface area contributed by atoms with Gasteiger partial charge in [0.25, 0.3) is 0 Å². The second-order valence-electron chi connectivity index (χ2n) is 3.03. The highest BCUT2D eigenvalue weighted by molar-refractivity contribution is 5.81. The number of rotatable bonds is 4. The van der Waals surface area contributed by atoms with Gasteiger partial charge in [-0.05, 0) is 0 Å². The van der Waals surface area contributed by atoms with Gasteiger partial charge in [-0.1, -0.05) is 0 Å². The van der Waals surface area contributed by atoms with Crippen molar-refractivity contribution in [2.24, 2.45) is 12.8 Å². The number of aliphatic hydroxyl groups excluding tert-OH is 1. The van der Waals surface area contributed by atoms with E-state index >= 15 is 0 Å². The van der Waals surface area contributed by atoms with Crippen LogP contribution in [0.1, 0.15) is 5.56 Å². The zero-order valence-corrected chi connectivity index (χ0v) is 7.97. The van der Waals surface area contributed by atoms with Crippen LogP contribution in [0.3, 0.4) is 0 Å². The van der Waals surface area contributed by atoms with Crippen LogP contribution in [0.25, 0.3) is 0 Å². The molecular weight excluding hydrogens is 184 g/mol. The maximum atomic E-state index is 11.1. The Morgan fingerprint density at radius 2 is 2.57 bits per heavy atom. The van der Waals surface area contributed by atoms with Gasteiger partial charge in [-0.3, -0.25) is 9.48 Å². The number of aromatic nitrogens is 2. The molecule has 0 aromatic carbocycles. The van der Waals surface area contributed by atoms with Crippen LogP contribution in [0.15, 0.2) is 12.4 Å². The molecule has 78 valence electrons. The van der Waals surface area contributed by atoms with E-state index in [4.69, 9.17) is 10.8 Å². The maximum absolute atomic E-state index is 11.1. The van der Waals surface area contributed by atoms with Gasteiger partial charge >= 0.3 is 0 Å². The van der Waals surface area contributed by atoms with Gasteiger partial charge in [-0.2, -0.15) is 5.10 Å². The van der Waals surface area contributed by atoms with Crippen LogP contribution in [0.2, 0.25) is 0 Å². The van der Waals surface area contributed by atoms with E-state index in [-0.39, 0.29) is 12.5 Å². The summed E-state index contributed by atoms with van der Waals surface area (Å²) in [4.78, 5) is 11.1.